The van der Waals surface area contributed by atoms with Gasteiger partial charge in [-0.15, -0.1) is 0 Å². The summed E-state index contributed by atoms with van der Waals surface area (Å²) in [5.41, 5.74) is 13.0. The molecule has 1 unspecified atom stereocenters. The summed E-state index contributed by atoms with van der Waals surface area (Å²) in [6.45, 7) is 5.42. The lowest BCUT2D eigenvalue weighted by molar-refractivity contribution is 0.393. The van der Waals surface area contributed by atoms with Gasteiger partial charge in [0.1, 0.15) is 5.76 Å². The quantitative estimate of drug-likeness (QED) is 0.461. The van der Waals surface area contributed by atoms with Gasteiger partial charge in [-0.3, -0.25) is 0 Å². The highest BCUT2D eigenvalue weighted by Gasteiger charge is 2.16. The third kappa shape index (κ3) is 4.60. The highest BCUT2D eigenvalue weighted by atomic mass is 16.5. The molecule has 0 aliphatic rings. The highest BCUT2D eigenvalue weighted by Crippen LogP contribution is 2.30. The van der Waals surface area contributed by atoms with Crippen molar-refractivity contribution in [1.29, 1.82) is 0 Å². The molecule has 6 nitrogen and oxygen atoms in total. The van der Waals surface area contributed by atoms with Crippen LogP contribution in [0.3, 0.4) is 0 Å². The summed E-state index contributed by atoms with van der Waals surface area (Å²) in [4.78, 5) is 9.57. The normalized spacial score (nSPS) is 12.1. The SMILES string of the molecule is Cc1noc(C)c1-c1cccc(N(Cc2ccccc2)CC(N)Cc2cnc[nH]2)c1. The number of H-pyrrole nitrogens is 1. The Morgan fingerprint density at radius 2 is 1.93 bits per heavy atom. The molecule has 3 N–H and O–H groups in total. The molecule has 0 aliphatic heterocycles. The molecule has 4 aromatic rings. The Balaban J connectivity index is 1.62. The number of nitrogens with two attached hydrogens (primary N) is 1. The Morgan fingerprint density at radius 3 is 2.63 bits per heavy atom. The second-order valence-electron chi connectivity index (χ2n) is 7.66. The number of nitrogens with zero attached hydrogens (tertiary/aromatic N) is 3. The van der Waals surface area contributed by atoms with Crippen molar-refractivity contribution in [3.8, 4) is 11.1 Å². The van der Waals surface area contributed by atoms with E-state index in [0.29, 0.717) is 0 Å². The van der Waals surface area contributed by atoms with Crippen molar-refractivity contribution in [3.63, 3.8) is 0 Å². The van der Waals surface area contributed by atoms with Crippen LogP contribution in [0, 0.1) is 13.8 Å². The molecule has 154 valence electrons. The average Bonchev–Trinajstić information content (AvgIpc) is 3.37. The van der Waals surface area contributed by atoms with Gasteiger partial charge in [-0.1, -0.05) is 47.6 Å². The van der Waals surface area contributed by atoms with Crippen LogP contribution in [-0.2, 0) is 13.0 Å². The fourth-order valence-electron chi connectivity index (χ4n) is 3.84. The molecule has 2 heterocycles. The van der Waals surface area contributed by atoms with E-state index < -0.39 is 0 Å². The fourth-order valence-corrected chi connectivity index (χ4v) is 3.84. The first kappa shape index (κ1) is 19.9. The molecule has 0 amide bonds. The monoisotopic (exact) mass is 401 g/mol. The third-order valence-corrected chi connectivity index (χ3v) is 5.24. The molecule has 2 aromatic carbocycles. The minimum atomic E-state index is -0.0307. The zero-order chi connectivity index (χ0) is 20.9. The van der Waals surface area contributed by atoms with Crippen LogP contribution in [-0.4, -0.2) is 27.7 Å². The summed E-state index contributed by atoms with van der Waals surface area (Å²) in [7, 11) is 0. The molecular weight excluding hydrogens is 374 g/mol. The first-order chi connectivity index (χ1) is 14.6. The maximum Gasteiger partial charge on any atom is 0.141 e. The summed E-state index contributed by atoms with van der Waals surface area (Å²) in [5, 5.41) is 4.11. The summed E-state index contributed by atoms with van der Waals surface area (Å²) >= 11 is 0. The van der Waals surface area contributed by atoms with Gasteiger partial charge in [-0.25, -0.2) is 4.98 Å². The van der Waals surface area contributed by atoms with Gasteiger partial charge in [0.2, 0.25) is 0 Å². The maximum absolute atomic E-state index is 6.52. The van der Waals surface area contributed by atoms with E-state index in [2.05, 4.69) is 68.6 Å². The van der Waals surface area contributed by atoms with E-state index in [0.717, 1.165) is 53.5 Å². The fraction of sp³-hybridized carbons (Fsp3) is 0.250. The molecule has 0 radical (unpaired) electrons. The second kappa shape index (κ2) is 8.97. The number of imidazole rings is 1. The van der Waals surface area contributed by atoms with Crippen molar-refractivity contribution in [1.82, 2.24) is 15.1 Å². The van der Waals surface area contributed by atoms with Crippen LogP contribution < -0.4 is 10.6 Å². The number of aromatic nitrogens is 3. The van der Waals surface area contributed by atoms with Gasteiger partial charge < -0.3 is 20.1 Å². The average molecular weight is 402 g/mol. The molecular formula is C24H27N5O. The topological polar surface area (TPSA) is 84.0 Å². The van der Waals surface area contributed by atoms with Crippen LogP contribution >= 0.6 is 0 Å². The molecule has 2 aromatic heterocycles. The van der Waals surface area contributed by atoms with E-state index in [1.165, 1.54) is 5.56 Å². The first-order valence-electron chi connectivity index (χ1n) is 10.1. The molecule has 0 saturated heterocycles. The van der Waals surface area contributed by atoms with Crippen LogP contribution in [0.1, 0.15) is 22.7 Å². The van der Waals surface area contributed by atoms with Crippen molar-refractivity contribution in [2.24, 2.45) is 5.73 Å². The van der Waals surface area contributed by atoms with Gasteiger partial charge in [0.15, 0.2) is 0 Å². The van der Waals surface area contributed by atoms with Gasteiger partial charge in [0, 0.05) is 48.7 Å². The van der Waals surface area contributed by atoms with Gasteiger partial charge in [-0.2, -0.15) is 0 Å². The van der Waals surface area contributed by atoms with E-state index in [1.54, 1.807) is 6.33 Å². The molecule has 1 atom stereocenters. The van der Waals surface area contributed by atoms with Crippen molar-refractivity contribution in [2.75, 3.05) is 11.4 Å². The summed E-state index contributed by atoms with van der Waals surface area (Å²) in [5.74, 6) is 0.829. The molecule has 4 rings (SSSR count). The zero-order valence-corrected chi connectivity index (χ0v) is 17.4. The van der Waals surface area contributed by atoms with Crippen molar-refractivity contribution >= 4 is 5.69 Å². The number of hydrogen-bond donors (Lipinski definition) is 2. The number of nitrogens with one attached hydrogen (secondary N) is 1. The Labute approximate surface area is 176 Å². The molecule has 0 saturated carbocycles. The predicted molar refractivity (Wildman–Crippen MR) is 119 cm³/mol. The van der Waals surface area contributed by atoms with Crippen LogP contribution in [0.4, 0.5) is 5.69 Å². The molecule has 0 fully saturated rings. The molecule has 0 bridgehead atoms. The van der Waals surface area contributed by atoms with Gasteiger partial charge in [0.25, 0.3) is 0 Å². The van der Waals surface area contributed by atoms with E-state index in [4.69, 9.17) is 10.3 Å². The number of hydrogen-bond acceptors (Lipinski definition) is 5. The third-order valence-electron chi connectivity index (χ3n) is 5.24. The van der Waals surface area contributed by atoms with E-state index in [1.807, 2.05) is 26.1 Å². The largest absolute Gasteiger partial charge is 0.366 e. The minimum absolute atomic E-state index is 0.0307. The van der Waals surface area contributed by atoms with E-state index in [-0.39, 0.29) is 6.04 Å². The minimum Gasteiger partial charge on any atom is -0.366 e. The Hall–Kier alpha value is -3.38. The van der Waals surface area contributed by atoms with E-state index in [9.17, 15) is 0 Å². The maximum atomic E-state index is 6.52. The lowest BCUT2D eigenvalue weighted by atomic mass is 10.0. The highest BCUT2D eigenvalue weighted by molar-refractivity contribution is 5.71. The second-order valence-corrected chi connectivity index (χ2v) is 7.66. The van der Waals surface area contributed by atoms with Crippen molar-refractivity contribution in [2.45, 2.75) is 32.9 Å². The summed E-state index contributed by atoms with van der Waals surface area (Å²) in [6.07, 6.45) is 4.27. The molecule has 6 heteroatoms. The Morgan fingerprint density at radius 1 is 1.10 bits per heavy atom. The van der Waals surface area contributed by atoms with Crippen LogP contribution in [0.5, 0.6) is 0 Å². The Kier molecular flexibility index (Phi) is 5.95. The van der Waals surface area contributed by atoms with Crippen molar-refractivity contribution in [3.05, 3.63) is 89.8 Å². The standard InChI is InChI=1S/C24H27N5O/c1-17-24(18(2)30-28-17)20-9-6-10-23(11-20)29(14-19-7-4-3-5-8-19)15-21(25)12-22-13-26-16-27-22/h3-11,13,16,21H,12,14-15,25H2,1-2H3,(H,26,27). The lowest BCUT2D eigenvalue weighted by Crippen LogP contribution is -2.38. The van der Waals surface area contributed by atoms with Crippen LogP contribution in [0.15, 0.2) is 71.6 Å². The number of rotatable bonds is 8. The van der Waals surface area contributed by atoms with Crippen molar-refractivity contribution < 1.29 is 4.52 Å². The van der Waals surface area contributed by atoms with Gasteiger partial charge >= 0.3 is 0 Å². The number of anilines is 1. The van der Waals surface area contributed by atoms with E-state index >= 15 is 0 Å². The van der Waals surface area contributed by atoms with Crippen LogP contribution in [0.25, 0.3) is 11.1 Å². The van der Waals surface area contributed by atoms with Gasteiger partial charge in [-0.05, 0) is 37.1 Å². The zero-order valence-electron chi connectivity index (χ0n) is 17.4. The Bertz CT molecular complexity index is 1050. The molecule has 0 spiro atoms. The first-order valence-corrected chi connectivity index (χ1v) is 10.1. The lowest BCUT2D eigenvalue weighted by Gasteiger charge is -2.28. The number of aromatic amines is 1. The van der Waals surface area contributed by atoms with Crippen LogP contribution in [0.2, 0.25) is 0 Å². The summed E-state index contributed by atoms with van der Waals surface area (Å²) in [6, 6.07) is 18.9. The smallest absolute Gasteiger partial charge is 0.141 e. The predicted octanol–water partition coefficient (Wildman–Crippen LogP) is 4.26. The summed E-state index contributed by atoms with van der Waals surface area (Å²) < 4.78 is 5.38. The number of benzene rings is 2. The molecule has 30 heavy (non-hydrogen) atoms. The number of aryl methyl sites for hydroxylation is 2. The van der Waals surface area contributed by atoms with Gasteiger partial charge in [0.05, 0.1) is 12.0 Å². The molecule has 0 aliphatic carbocycles.